The first kappa shape index (κ1) is 11.8. The highest BCUT2D eigenvalue weighted by atomic mass is 16.3. The van der Waals surface area contributed by atoms with E-state index >= 15 is 0 Å². The van der Waals surface area contributed by atoms with Gasteiger partial charge in [0.2, 0.25) is 0 Å². The molecule has 0 aliphatic heterocycles. The zero-order chi connectivity index (χ0) is 12.3. The number of hydrogen-bond donors (Lipinski definition) is 2. The van der Waals surface area contributed by atoms with Crippen molar-refractivity contribution in [1.29, 1.82) is 0 Å². The molecule has 4 heteroatoms. The molecular weight excluding hydrogens is 216 g/mol. The largest absolute Gasteiger partial charge is 0.508 e. The van der Waals surface area contributed by atoms with Crippen molar-refractivity contribution in [2.45, 2.75) is 32.2 Å². The second kappa shape index (κ2) is 5.08. The summed E-state index contributed by atoms with van der Waals surface area (Å²) in [4.78, 5) is 13.7. The van der Waals surface area contributed by atoms with E-state index in [1.807, 2.05) is 13.0 Å². The van der Waals surface area contributed by atoms with Crippen molar-refractivity contribution < 1.29 is 9.90 Å². The number of carbonyl (C=O) groups excluding carboxylic acids is 1. The van der Waals surface area contributed by atoms with Crippen LogP contribution in [0.15, 0.2) is 24.3 Å². The quantitative estimate of drug-likeness (QED) is 0.844. The second-order valence-electron chi connectivity index (χ2n) is 4.34. The van der Waals surface area contributed by atoms with Gasteiger partial charge in [0, 0.05) is 24.3 Å². The smallest absolute Gasteiger partial charge is 0.322 e. The molecule has 1 aliphatic rings. The summed E-state index contributed by atoms with van der Waals surface area (Å²) in [5, 5.41) is 12.4. The lowest BCUT2D eigenvalue weighted by atomic mass is 9.93. The standard InChI is InChI=1S/C13H18N2O2/c1-2-15(11-7-4-8-12(16)9-11)13(17)14-10-5-3-6-10/h4,7-10,16H,2-3,5-6H2,1H3,(H,14,17). The van der Waals surface area contributed by atoms with Gasteiger partial charge in [0.1, 0.15) is 5.75 Å². The number of phenolic OH excluding ortho intramolecular Hbond substituents is 1. The lowest BCUT2D eigenvalue weighted by Gasteiger charge is -2.30. The van der Waals surface area contributed by atoms with Gasteiger partial charge in [-0.2, -0.15) is 0 Å². The lowest BCUT2D eigenvalue weighted by Crippen LogP contribution is -2.47. The van der Waals surface area contributed by atoms with Gasteiger partial charge in [-0.05, 0) is 38.3 Å². The average molecular weight is 234 g/mol. The Labute approximate surface area is 101 Å². The number of carbonyl (C=O) groups is 1. The normalized spacial score (nSPS) is 15.1. The molecule has 1 aromatic carbocycles. The van der Waals surface area contributed by atoms with Crippen molar-refractivity contribution in [3.8, 4) is 5.75 Å². The summed E-state index contributed by atoms with van der Waals surface area (Å²) in [7, 11) is 0. The number of phenols is 1. The number of hydrogen-bond acceptors (Lipinski definition) is 2. The summed E-state index contributed by atoms with van der Waals surface area (Å²) in [6.45, 7) is 2.51. The third kappa shape index (κ3) is 2.70. The molecule has 92 valence electrons. The first-order valence-electron chi connectivity index (χ1n) is 6.07. The molecule has 0 aromatic heterocycles. The van der Waals surface area contributed by atoms with Crippen molar-refractivity contribution in [3.63, 3.8) is 0 Å². The molecule has 17 heavy (non-hydrogen) atoms. The highest BCUT2D eigenvalue weighted by Gasteiger charge is 2.22. The van der Waals surface area contributed by atoms with Gasteiger partial charge in [0.25, 0.3) is 0 Å². The van der Waals surface area contributed by atoms with Crippen LogP contribution in [0.5, 0.6) is 5.75 Å². The van der Waals surface area contributed by atoms with Gasteiger partial charge in [-0.3, -0.25) is 4.90 Å². The molecule has 0 unspecified atom stereocenters. The molecule has 0 saturated heterocycles. The maximum absolute atomic E-state index is 12.0. The number of urea groups is 1. The van der Waals surface area contributed by atoms with Crippen molar-refractivity contribution in [2.24, 2.45) is 0 Å². The molecule has 4 nitrogen and oxygen atoms in total. The third-order valence-electron chi connectivity index (χ3n) is 3.14. The van der Waals surface area contributed by atoms with Crippen LogP contribution in [0.25, 0.3) is 0 Å². The predicted octanol–water partition coefficient (Wildman–Crippen LogP) is 2.48. The van der Waals surface area contributed by atoms with E-state index in [0.29, 0.717) is 12.6 Å². The van der Waals surface area contributed by atoms with Gasteiger partial charge in [-0.15, -0.1) is 0 Å². The summed E-state index contributed by atoms with van der Waals surface area (Å²) in [5.41, 5.74) is 0.726. The Kier molecular flexibility index (Phi) is 3.52. The number of rotatable bonds is 3. The Hall–Kier alpha value is -1.71. The lowest BCUT2D eigenvalue weighted by molar-refractivity contribution is 0.234. The Morgan fingerprint density at radius 2 is 2.29 bits per heavy atom. The van der Waals surface area contributed by atoms with E-state index in [-0.39, 0.29) is 11.8 Å². The van der Waals surface area contributed by atoms with E-state index in [1.54, 1.807) is 23.1 Å². The minimum absolute atomic E-state index is 0.0807. The van der Waals surface area contributed by atoms with Crippen LogP contribution in [0.4, 0.5) is 10.5 Å². The Morgan fingerprint density at radius 3 is 2.82 bits per heavy atom. The molecule has 0 atom stereocenters. The molecular formula is C13H18N2O2. The van der Waals surface area contributed by atoms with Crippen LogP contribution >= 0.6 is 0 Å². The van der Waals surface area contributed by atoms with E-state index in [4.69, 9.17) is 0 Å². The van der Waals surface area contributed by atoms with Gasteiger partial charge in [-0.25, -0.2) is 4.79 Å². The van der Waals surface area contributed by atoms with E-state index in [2.05, 4.69) is 5.32 Å². The molecule has 2 amide bonds. The van der Waals surface area contributed by atoms with E-state index in [0.717, 1.165) is 18.5 Å². The van der Waals surface area contributed by atoms with Gasteiger partial charge < -0.3 is 10.4 Å². The highest BCUT2D eigenvalue weighted by Crippen LogP contribution is 2.22. The van der Waals surface area contributed by atoms with Crippen molar-refractivity contribution in [1.82, 2.24) is 5.32 Å². The zero-order valence-electron chi connectivity index (χ0n) is 10.0. The number of benzene rings is 1. The molecule has 1 aromatic rings. The van der Waals surface area contributed by atoms with Gasteiger partial charge in [0.05, 0.1) is 0 Å². The number of nitrogens with zero attached hydrogens (tertiary/aromatic N) is 1. The topological polar surface area (TPSA) is 52.6 Å². The Bertz CT molecular complexity index is 402. The predicted molar refractivity (Wildman–Crippen MR) is 67.3 cm³/mol. The fraction of sp³-hybridized carbons (Fsp3) is 0.462. The first-order valence-corrected chi connectivity index (χ1v) is 6.07. The van der Waals surface area contributed by atoms with Crippen LogP contribution in [0.2, 0.25) is 0 Å². The molecule has 0 heterocycles. The van der Waals surface area contributed by atoms with E-state index in [9.17, 15) is 9.90 Å². The zero-order valence-corrected chi connectivity index (χ0v) is 10.0. The number of aromatic hydroxyl groups is 1. The minimum Gasteiger partial charge on any atom is -0.508 e. The SMILES string of the molecule is CCN(C(=O)NC1CCC1)c1cccc(O)c1. The van der Waals surface area contributed by atoms with Crippen LogP contribution in [0, 0.1) is 0 Å². The van der Waals surface area contributed by atoms with Crippen LogP contribution in [0.3, 0.4) is 0 Å². The summed E-state index contributed by atoms with van der Waals surface area (Å²) >= 11 is 0. The van der Waals surface area contributed by atoms with Gasteiger partial charge >= 0.3 is 6.03 Å². The van der Waals surface area contributed by atoms with Gasteiger partial charge in [0.15, 0.2) is 0 Å². The number of amides is 2. The van der Waals surface area contributed by atoms with Crippen molar-refractivity contribution >= 4 is 11.7 Å². The molecule has 1 aliphatic carbocycles. The highest BCUT2D eigenvalue weighted by molar-refractivity contribution is 5.92. The van der Waals surface area contributed by atoms with Crippen LogP contribution < -0.4 is 10.2 Å². The maximum atomic E-state index is 12.0. The van der Waals surface area contributed by atoms with E-state index in [1.165, 1.54) is 6.42 Å². The summed E-state index contributed by atoms with van der Waals surface area (Å²) < 4.78 is 0. The molecule has 2 rings (SSSR count). The van der Waals surface area contributed by atoms with Gasteiger partial charge in [-0.1, -0.05) is 6.07 Å². The second-order valence-corrected chi connectivity index (χ2v) is 4.34. The van der Waals surface area contributed by atoms with Crippen LogP contribution in [0.1, 0.15) is 26.2 Å². The molecule has 0 spiro atoms. The molecule has 0 bridgehead atoms. The molecule has 0 radical (unpaired) electrons. The monoisotopic (exact) mass is 234 g/mol. The number of nitrogens with one attached hydrogen (secondary N) is 1. The van der Waals surface area contributed by atoms with E-state index < -0.39 is 0 Å². The van der Waals surface area contributed by atoms with Crippen LogP contribution in [-0.4, -0.2) is 23.7 Å². The minimum atomic E-state index is -0.0807. The average Bonchev–Trinajstić information content (AvgIpc) is 2.25. The summed E-state index contributed by atoms with van der Waals surface area (Å²) in [6.07, 6.45) is 3.34. The Morgan fingerprint density at radius 1 is 1.53 bits per heavy atom. The molecule has 1 saturated carbocycles. The van der Waals surface area contributed by atoms with Crippen molar-refractivity contribution in [2.75, 3.05) is 11.4 Å². The summed E-state index contributed by atoms with van der Waals surface area (Å²) in [5.74, 6) is 0.178. The Balaban J connectivity index is 2.06. The third-order valence-corrected chi connectivity index (χ3v) is 3.14. The molecule has 1 fully saturated rings. The maximum Gasteiger partial charge on any atom is 0.322 e. The van der Waals surface area contributed by atoms with Crippen molar-refractivity contribution in [3.05, 3.63) is 24.3 Å². The fourth-order valence-corrected chi connectivity index (χ4v) is 1.91. The first-order chi connectivity index (χ1) is 8.20. The van der Waals surface area contributed by atoms with Crippen LogP contribution in [-0.2, 0) is 0 Å². The molecule has 2 N–H and O–H groups in total. The fourth-order valence-electron chi connectivity index (χ4n) is 1.91. The summed E-state index contributed by atoms with van der Waals surface area (Å²) in [6, 6.07) is 7.01. The number of anilines is 1.